The van der Waals surface area contributed by atoms with Gasteiger partial charge in [0.05, 0.1) is 0 Å². The van der Waals surface area contributed by atoms with Crippen LogP contribution >= 0.6 is 0 Å². The standard InChI is InChI=1S/C18H23F3/c1-5-6-8-13(2)14(3)16-10-7-9-15(11-16)12-18(4,21)17(19)20/h7,9-11,17H,2-3,5-6,8,12H2,1,4H3. The fourth-order valence-electron chi connectivity index (χ4n) is 2.09. The van der Waals surface area contributed by atoms with Gasteiger partial charge in [-0.25, -0.2) is 13.2 Å². The molecule has 0 radical (unpaired) electrons. The van der Waals surface area contributed by atoms with Gasteiger partial charge >= 0.3 is 0 Å². The lowest BCUT2D eigenvalue weighted by atomic mass is 9.92. The normalized spacial score (nSPS) is 14.0. The van der Waals surface area contributed by atoms with Gasteiger partial charge in [-0.1, -0.05) is 50.8 Å². The van der Waals surface area contributed by atoms with E-state index in [-0.39, 0.29) is 6.42 Å². The minimum absolute atomic E-state index is 0.312. The van der Waals surface area contributed by atoms with E-state index in [1.165, 1.54) is 0 Å². The van der Waals surface area contributed by atoms with E-state index in [4.69, 9.17) is 0 Å². The van der Waals surface area contributed by atoms with Crippen molar-refractivity contribution in [3.8, 4) is 0 Å². The molecule has 0 aliphatic heterocycles. The molecule has 0 aromatic heterocycles. The van der Waals surface area contributed by atoms with Crippen LogP contribution < -0.4 is 0 Å². The van der Waals surface area contributed by atoms with Gasteiger partial charge in [0.2, 0.25) is 0 Å². The van der Waals surface area contributed by atoms with Gasteiger partial charge in [-0.05, 0) is 42.0 Å². The molecule has 0 aliphatic rings. The first kappa shape index (κ1) is 17.5. The zero-order valence-corrected chi connectivity index (χ0v) is 12.8. The van der Waals surface area contributed by atoms with Crippen LogP contribution in [0.4, 0.5) is 13.2 Å². The highest BCUT2D eigenvalue weighted by atomic mass is 19.3. The van der Waals surface area contributed by atoms with E-state index in [0.717, 1.165) is 42.9 Å². The van der Waals surface area contributed by atoms with Gasteiger partial charge in [0.15, 0.2) is 5.67 Å². The fraction of sp³-hybridized carbons (Fsp3) is 0.444. The Morgan fingerprint density at radius 1 is 1.29 bits per heavy atom. The predicted octanol–water partition coefficient (Wildman–Crippen LogP) is 5.98. The third kappa shape index (κ3) is 5.07. The van der Waals surface area contributed by atoms with Gasteiger partial charge in [0.1, 0.15) is 0 Å². The molecule has 0 fully saturated rings. The lowest BCUT2D eigenvalue weighted by Gasteiger charge is -2.20. The van der Waals surface area contributed by atoms with Crippen LogP contribution in [0.15, 0.2) is 43.0 Å². The zero-order valence-electron chi connectivity index (χ0n) is 12.8. The van der Waals surface area contributed by atoms with E-state index < -0.39 is 12.1 Å². The first-order valence-corrected chi connectivity index (χ1v) is 7.21. The quantitative estimate of drug-likeness (QED) is 0.517. The first-order valence-electron chi connectivity index (χ1n) is 7.21. The Hall–Kier alpha value is -1.51. The molecule has 1 unspecified atom stereocenters. The number of alkyl halides is 3. The van der Waals surface area contributed by atoms with Gasteiger partial charge in [0, 0.05) is 6.42 Å². The smallest absolute Gasteiger partial charge is 0.238 e. The molecule has 0 saturated heterocycles. The molecule has 0 heterocycles. The highest BCUT2D eigenvalue weighted by molar-refractivity contribution is 5.76. The molecule has 0 N–H and O–H groups in total. The van der Waals surface area contributed by atoms with E-state index in [2.05, 4.69) is 20.1 Å². The molecule has 0 saturated carbocycles. The monoisotopic (exact) mass is 296 g/mol. The number of allylic oxidation sites excluding steroid dienone is 2. The van der Waals surface area contributed by atoms with Gasteiger partial charge in [0.25, 0.3) is 6.43 Å². The molecule has 1 aromatic carbocycles. The van der Waals surface area contributed by atoms with Crippen molar-refractivity contribution in [2.24, 2.45) is 0 Å². The van der Waals surface area contributed by atoms with Crippen molar-refractivity contribution in [1.29, 1.82) is 0 Å². The topological polar surface area (TPSA) is 0 Å². The third-order valence-corrected chi connectivity index (χ3v) is 3.54. The number of benzene rings is 1. The molecule has 0 spiro atoms. The lowest BCUT2D eigenvalue weighted by molar-refractivity contribution is -0.0215. The van der Waals surface area contributed by atoms with E-state index in [1.54, 1.807) is 18.2 Å². The molecule has 3 heteroatoms. The van der Waals surface area contributed by atoms with Crippen molar-refractivity contribution >= 4 is 5.57 Å². The first-order chi connectivity index (χ1) is 9.77. The summed E-state index contributed by atoms with van der Waals surface area (Å²) in [6.07, 6.45) is -0.347. The van der Waals surface area contributed by atoms with Gasteiger partial charge < -0.3 is 0 Å². The highest BCUT2D eigenvalue weighted by Gasteiger charge is 2.34. The summed E-state index contributed by atoms with van der Waals surface area (Å²) in [6, 6.07) is 6.97. The van der Waals surface area contributed by atoms with Crippen molar-refractivity contribution in [2.75, 3.05) is 0 Å². The summed E-state index contributed by atoms with van der Waals surface area (Å²) in [4.78, 5) is 0. The number of rotatable bonds is 8. The number of hydrogen-bond acceptors (Lipinski definition) is 0. The second-order valence-electron chi connectivity index (χ2n) is 5.64. The highest BCUT2D eigenvalue weighted by Crippen LogP contribution is 2.28. The summed E-state index contributed by atoms with van der Waals surface area (Å²) in [5.74, 6) is 0. The van der Waals surface area contributed by atoms with Crippen molar-refractivity contribution in [3.05, 3.63) is 54.1 Å². The molecule has 0 nitrogen and oxygen atoms in total. The number of unbranched alkanes of at least 4 members (excludes halogenated alkanes) is 1. The van der Waals surface area contributed by atoms with Crippen LogP contribution in [0.1, 0.15) is 44.2 Å². The van der Waals surface area contributed by atoms with Crippen LogP contribution in [0.2, 0.25) is 0 Å². The SMILES string of the molecule is C=C(CCCC)C(=C)c1cccc(CC(C)(F)C(F)F)c1. The molecule has 1 aromatic rings. The fourth-order valence-corrected chi connectivity index (χ4v) is 2.09. The predicted molar refractivity (Wildman–Crippen MR) is 83.4 cm³/mol. The molecule has 116 valence electrons. The second-order valence-corrected chi connectivity index (χ2v) is 5.64. The van der Waals surface area contributed by atoms with E-state index in [1.807, 2.05) is 6.07 Å². The maximum absolute atomic E-state index is 13.8. The number of halogens is 3. The molecule has 1 atom stereocenters. The Morgan fingerprint density at radius 3 is 2.52 bits per heavy atom. The molecule has 0 aliphatic carbocycles. The second kappa shape index (κ2) is 7.48. The molecule has 21 heavy (non-hydrogen) atoms. The third-order valence-electron chi connectivity index (χ3n) is 3.54. The minimum Gasteiger partial charge on any atom is -0.238 e. The van der Waals surface area contributed by atoms with Gasteiger partial charge in [-0.15, -0.1) is 0 Å². The van der Waals surface area contributed by atoms with Gasteiger partial charge in [-0.3, -0.25) is 0 Å². The van der Waals surface area contributed by atoms with E-state index in [9.17, 15) is 13.2 Å². The van der Waals surface area contributed by atoms with Crippen LogP contribution in [0.3, 0.4) is 0 Å². The molecular weight excluding hydrogens is 273 g/mol. The Labute approximate surface area is 125 Å². The van der Waals surface area contributed by atoms with Crippen molar-refractivity contribution in [1.82, 2.24) is 0 Å². The molecular formula is C18H23F3. The average molecular weight is 296 g/mol. The molecule has 0 amide bonds. The Morgan fingerprint density at radius 2 is 1.95 bits per heavy atom. The number of hydrogen-bond donors (Lipinski definition) is 0. The van der Waals surface area contributed by atoms with Crippen molar-refractivity contribution in [2.45, 2.75) is 51.6 Å². The van der Waals surface area contributed by atoms with Crippen LogP contribution in [0.5, 0.6) is 0 Å². The maximum atomic E-state index is 13.8. The summed E-state index contributed by atoms with van der Waals surface area (Å²) >= 11 is 0. The van der Waals surface area contributed by atoms with E-state index >= 15 is 0 Å². The summed E-state index contributed by atoms with van der Waals surface area (Å²) in [6.45, 7) is 11.0. The molecule has 1 rings (SSSR count). The summed E-state index contributed by atoms with van der Waals surface area (Å²) in [7, 11) is 0. The average Bonchev–Trinajstić information content (AvgIpc) is 2.43. The summed E-state index contributed by atoms with van der Waals surface area (Å²) < 4.78 is 39.0. The van der Waals surface area contributed by atoms with Crippen molar-refractivity contribution in [3.63, 3.8) is 0 Å². The van der Waals surface area contributed by atoms with Crippen molar-refractivity contribution < 1.29 is 13.2 Å². The van der Waals surface area contributed by atoms with E-state index in [0.29, 0.717) is 5.56 Å². The maximum Gasteiger partial charge on any atom is 0.272 e. The lowest BCUT2D eigenvalue weighted by Crippen LogP contribution is -2.30. The van der Waals surface area contributed by atoms with Crippen LogP contribution in [0, 0.1) is 0 Å². The summed E-state index contributed by atoms with van der Waals surface area (Å²) in [5.41, 5.74) is 0.578. The molecule has 0 bridgehead atoms. The van der Waals surface area contributed by atoms with Crippen LogP contribution in [-0.4, -0.2) is 12.1 Å². The van der Waals surface area contributed by atoms with Crippen LogP contribution in [0.25, 0.3) is 5.57 Å². The Kier molecular flexibility index (Phi) is 6.25. The summed E-state index contributed by atoms with van der Waals surface area (Å²) in [5, 5.41) is 0. The Bertz CT molecular complexity index is 501. The van der Waals surface area contributed by atoms with Crippen LogP contribution in [-0.2, 0) is 6.42 Å². The Balaban J connectivity index is 2.86. The minimum atomic E-state index is -3.00. The van der Waals surface area contributed by atoms with Gasteiger partial charge in [-0.2, -0.15) is 0 Å². The largest absolute Gasteiger partial charge is 0.272 e. The zero-order chi connectivity index (χ0) is 16.0.